The van der Waals surface area contributed by atoms with Gasteiger partial charge in [0.05, 0.1) is 17.6 Å². The standard InChI is InChI=1S/C15H15NO3S/c17-16(18)14-7-4-8-15(9-14)19-10-13(11-20)12-5-2-1-3-6-12/h1-9,13,20H,10-11H2. The quantitative estimate of drug-likeness (QED) is 0.501. The van der Waals surface area contributed by atoms with Gasteiger partial charge >= 0.3 is 0 Å². The fraction of sp³-hybridized carbons (Fsp3) is 0.200. The van der Waals surface area contributed by atoms with Crippen LogP contribution in [0, 0.1) is 10.1 Å². The van der Waals surface area contributed by atoms with E-state index in [0.717, 1.165) is 5.56 Å². The smallest absolute Gasteiger partial charge is 0.273 e. The molecule has 20 heavy (non-hydrogen) atoms. The molecule has 5 heteroatoms. The molecule has 2 rings (SSSR count). The molecule has 104 valence electrons. The highest BCUT2D eigenvalue weighted by molar-refractivity contribution is 7.80. The van der Waals surface area contributed by atoms with Crippen LogP contribution in [0.3, 0.4) is 0 Å². The summed E-state index contributed by atoms with van der Waals surface area (Å²) in [5.74, 6) is 1.31. The van der Waals surface area contributed by atoms with Crippen molar-refractivity contribution in [3.05, 3.63) is 70.3 Å². The molecule has 1 atom stereocenters. The Balaban J connectivity index is 2.03. The van der Waals surface area contributed by atoms with Crippen molar-refractivity contribution in [2.45, 2.75) is 5.92 Å². The van der Waals surface area contributed by atoms with Crippen LogP contribution in [0.4, 0.5) is 5.69 Å². The van der Waals surface area contributed by atoms with Gasteiger partial charge in [-0.1, -0.05) is 36.4 Å². The number of hydrogen-bond donors (Lipinski definition) is 1. The molecule has 0 aliphatic heterocycles. The van der Waals surface area contributed by atoms with E-state index in [4.69, 9.17) is 4.74 Å². The van der Waals surface area contributed by atoms with Crippen molar-refractivity contribution in [3.63, 3.8) is 0 Å². The van der Waals surface area contributed by atoms with Crippen LogP contribution in [-0.2, 0) is 0 Å². The van der Waals surface area contributed by atoms with Crippen LogP contribution in [0.15, 0.2) is 54.6 Å². The number of nitro benzene ring substituents is 1. The van der Waals surface area contributed by atoms with Crippen LogP contribution >= 0.6 is 12.6 Å². The Kier molecular flexibility index (Phi) is 5.01. The number of thiol groups is 1. The van der Waals surface area contributed by atoms with Crippen molar-refractivity contribution in [2.24, 2.45) is 0 Å². The summed E-state index contributed by atoms with van der Waals surface area (Å²) in [5, 5.41) is 10.7. The highest BCUT2D eigenvalue weighted by atomic mass is 32.1. The summed E-state index contributed by atoms with van der Waals surface area (Å²) < 4.78 is 5.65. The summed E-state index contributed by atoms with van der Waals surface area (Å²) in [4.78, 5) is 10.3. The molecular weight excluding hydrogens is 274 g/mol. The Bertz CT molecular complexity index is 574. The van der Waals surface area contributed by atoms with E-state index in [2.05, 4.69) is 12.6 Å². The third kappa shape index (κ3) is 3.74. The number of nitrogens with zero attached hydrogens (tertiary/aromatic N) is 1. The number of ether oxygens (including phenoxy) is 1. The van der Waals surface area contributed by atoms with E-state index in [1.165, 1.54) is 12.1 Å². The maximum atomic E-state index is 10.7. The normalized spacial score (nSPS) is 11.8. The zero-order chi connectivity index (χ0) is 14.4. The van der Waals surface area contributed by atoms with E-state index in [1.807, 2.05) is 30.3 Å². The van der Waals surface area contributed by atoms with Crippen LogP contribution in [-0.4, -0.2) is 17.3 Å². The van der Waals surface area contributed by atoms with Crippen LogP contribution in [0.2, 0.25) is 0 Å². The summed E-state index contributed by atoms with van der Waals surface area (Å²) in [6, 6.07) is 16.2. The van der Waals surface area contributed by atoms with Crippen molar-refractivity contribution in [1.82, 2.24) is 0 Å². The minimum atomic E-state index is -0.430. The van der Waals surface area contributed by atoms with Crippen LogP contribution in [0.1, 0.15) is 11.5 Å². The van der Waals surface area contributed by atoms with E-state index >= 15 is 0 Å². The Labute approximate surface area is 123 Å². The van der Waals surface area contributed by atoms with E-state index < -0.39 is 4.92 Å². The third-order valence-corrected chi connectivity index (χ3v) is 3.41. The van der Waals surface area contributed by atoms with Crippen LogP contribution < -0.4 is 4.74 Å². The molecule has 0 fully saturated rings. The molecule has 0 amide bonds. The molecule has 0 aliphatic rings. The predicted molar refractivity (Wildman–Crippen MR) is 81.6 cm³/mol. The van der Waals surface area contributed by atoms with Gasteiger partial charge in [-0.2, -0.15) is 12.6 Å². The SMILES string of the molecule is O=[N+]([O-])c1cccc(OCC(CS)c2ccccc2)c1. The van der Waals surface area contributed by atoms with Gasteiger partial charge in [-0.05, 0) is 11.6 Å². The lowest BCUT2D eigenvalue weighted by Gasteiger charge is -2.15. The van der Waals surface area contributed by atoms with Gasteiger partial charge in [-0.15, -0.1) is 0 Å². The Hall–Kier alpha value is -2.01. The molecule has 0 aromatic heterocycles. The maximum absolute atomic E-state index is 10.7. The van der Waals surface area contributed by atoms with Crippen molar-refractivity contribution >= 4 is 18.3 Å². The fourth-order valence-corrected chi connectivity index (χ4v) is 2.18. The van der Waals surface area contributed by atoms with Gasteiger partial charge in [-0.3, -0.25) is 10.1 Å². The minimum Gasteiger partial charge on any atom is -0.493 e. The third-order valence-electron chi connectivity index (χ3n) is 2.97. The van der Waals surface area contributed by atoms with E-state index in [-0.39, 0.29) is 11.6 Å². The van der Waals surface area contributed by atoms with Gasteiger partial charge in [0.25, 0.3) is 5.69 Å². The van der Waals surface area contributed by atoms with Crippen LogP contribution in [0.5, 0.6) is 5.75 Å². The molecule has 0 saturated heterocycles. The number of hydrogen-bond acceptors (Lipinski definition) is 4. The van der Waals surface area contributed by atoms with Crippen molar-refractivity contribution in [3.8, 4) is 5.75 Å². The highest BCUT2D eigenvalue weighted by Crippen LogP contribution is 2.22. The Morgan fingerprint density at radius 3 is 2.55 bits per heavy atom. The molecule has 2 aromatic rings. The van der Waals surface area contributed by atoms with Crippen molar-refractivity contribution in [1.29, 1.82) is 0 Å². The molecule has 1 unspecified atom stereocenters. The monoisotopic (exact) mass is 289 g/mol. The highest BCUT2D eigenvalue weighted by Gasteiger charge is 2.12. The van der Waals surface area contributed by atoms with Gasteiger partial charge in [-0.25, -0.2) is 0 Å². The minimum absolute atomic E-state index is 0.0321. The predicted octanol–water partition coefficient (Wildman–Crippen LogP) is 3.69. The second kappa shape index (κ2) is 6.96. The van der Waals surface area contributed by atoms with E-state index in [9.17, 15) is 10.1 Å². The second-order valence-electron chi connectivity index (χ2n) is 4.36. The first-order chi connectivity index (χ1) is 9.70. The lowest BCUT2D eigenvalue weighted by atomic mass is 10.0. The second-order valence-corrected chi connectivity index (χ2v) is 4.72. The largest absolute Gasteiger partial charge is 0.493 e. The molecule has 0 N–H and O–H groups in total. The van der Waals surface area contributed by atoms with Crippen molar-refractivity contribution < 1.29 is 9.66 Å². The summed E-state index contributed by atoms with van der Waals surface area (Å²) in [6.07, 6.45) is 0. The summed E-state index contributed by atoms with van der Waals surface area (Å²) in [5.41, 5.74) is 1.18. The number of benzene rings is 2. The van der Waals surface area contributed by atoms with Gasteiger partial charge in [0.2, 0.25) is 0 Å². The topological polar surface area (TPSA) is 52.4 Å². The molecular formula is C15H15NO3S. The molecule has 2 aromatic carbocycles. The molecule has 0 aliphatic carbocycles. The molecule has 4 nitrogen and oxygen atoms in total. The molecule has 0 bridgehead atoms. The zero-order valence-electron chi connectivity index (χ0n) is 10.8. The fourth-order valence-electron chi connectivity index (χ4n) is 1.86. The summed E-state index contributed by atoms with van der Waals surface area (Å²) in [7, 11) is 0. The maximum Gasteiger partial charge on any atom is 0.273 e. The molecule has 0 spiro atoms. The van der Waals surface area contributed by atoms with E-state index in [1.54, 1.807) is 12.1 Å². The Morgan fingerprint density at radius 2 is 1.90 bits per heavy atom. The summed E-state index contributed by atoms with van der Waals surface area (Å²) >= 11 is 4.34. The number of rotatable bonds is 6. The average molecular weight is 289 g/mol. The Morgan fingerprint density at radius 1 is 1.15 bits per heavy atom. The first-order valence-electron chi connectivity index (χ1n) is 6.24. The van der Waals surface area contributed by atoms with Crippen molar-refractivity contribution in [2.75, 3.05) is 12.4 Å². The average Bonchev–Trinajstić information content (AvgIpc) is 2.49. The molecule has 0 saturated carbocycles. The lowest BCUT2D eigenvalue weighted by Crippen LogP contribution is -2.12. The van der Waals surface area contributed by atoms with Gasteiger partial charge in [0.1, 0.15) is 5.75 Å². The van der Waals surface area contributed by atoms with Crippen LogP contribution in [0.25, 0.3) is 0 Å². The van der Waals surface area contributed by atoms with E-state index in [0.29, 0.717) is 18.1 Å². The molecule has 0 radical (unpaired) electrons. The lowest BCUT2D eigenvalue weighted by molar-refractivity contribution is -0.384. The number of nitro groups is 1. The zero-order valence-corrected chi connectivity index (χ0v) is 11.7. The first kappa shape index (κ1) is 14.4. The molecule has 0 heterocycles. The van der Waals surface area contributed by atoms with Gasteiger partial charge in [0.15, 0.2) is 0 Å². The summed E-state index contributed by atoms with van der Waals surface area (Å²) in [6.45, 7) is 0.439. The van der Waals surface area contributed by atoms with Gasteiger partial charge in [0, 0.05) is 17.7 Å². The van der Waals surface area contributed by atoms with Gasteiger partial charge < -0.3 is 4.74 Å². The first-order valence-corrected chi connectivity index (χ1v) is 6.87. The number of non-ortho nitro benzene ring substituents is 1.